The molecule has 0 bridgehead atoms. The molecule has 4 nitrogen and oxygen atoms in total. The number of hydrogen-bond acceptors (Lipinski definition) is 4. The quantitative estimate of drug-likeness (QED) is 0.555. The van der Waals surface area contributed by atoms with Crippen molar-refractivity contribution in [3.05, 3.63) is 94.3 Å². The summed E-state index contributed by atoms with van der Waals surface area (Å²) in [5.74, 6) is 1.21. The van der Waals surface area contributed by atoms with E-state index < -0.39 is 6.23 Å². The summed E-state index contributed by atoms with van der Waals surface area (Å²) >= 11 is 6.26. The highest BCUT2D eigenvalue weighted by Crippen LogP contribution is 2.48. The van der Waals surface area contributed by atoms with Crippen molar-refractivity contribution in [1.29, 1.82) is 0 Å². The first-order chi connectivity index (χ1) is 14.1. The van der Waals surface area contributed by atoms with Crippen LogP contribution in [0.3, 0.4) is 0 Å². The molecule has 0 fully saturated rings. The van der Waals surface area contributed by atoms with Gasteiger partial charge in [0.2, 0.25) is 6.23 Å². The highest BCUT2D eigenvalue weighted by Gasteiger charge is 2.41. The number of hydrazone groups is 1. The maximum atomic E-state index is 13.9. The van der Waals surface area contributed by atoms with Crippen LogP contribution in [-0.2, 0) is 0 Å². The summed E-state index contributed by atoms with van der Waals surface area (Å²) in [6.07, 6.45) is 0.169. The normalized spacial score (nSPS) is 19.8. The lowest BCUT2D eigenvalue weighted by molar-refractivity contribution is -0.0192. The fourth-order valence-corrected chi connectivity index (χ4v) is 4.10. The van der Waals surface area contributed by atoms with Crippen LogP contribution in [0.5, 0.6) is 11.5 Å². The minimum absolute atomic E-state index is 0.0491. The SMILES string of the molecule is COc1cccc(C2=NN3[C@@H](c4cccc(F)c4)Oc4ccc(Cl)cc4[C@@H]3C2)c1. The highest BCUT2D eigenvalue weighted by atomic mass is 35.5. The Kier molecular flexibility index (Phi) is 4.40. The van der Waals surface area contributed by atoms with Crippen LogP contribution >= 0.6 is 11.6 Å². The molecular formula is C23H18ClFN2O2. The van der Waals surface area contributed by atoms with E-state index in [4.69, 9.17) is 26.2 Å². The van der Waals surface area contributed by atoms with E-state index in [2.05, 4.69) is 0 Å². The molecule has 2 aliphatic rings. The van der Waals surface area contributed by atoms with Crippen LogP contribution in [0.1, 0.15) is 35.4 Å². The van der Waals surface area contributed by atoms with Crippen molar-refractivity contribution in [2.24, 2.45) is 5.10 Å². The zero-order valence-electron chi connectivity index (χ0n) is 15.7. The summed E-state index contributed by atoms with van der Waals surface area (Å²) in [5, 5.41) is 7.43. The van der Waals surface area contributed by atoms with Crippen LogP contribution in [0.4, 0.5) is 4.39 Å². The second-order valence-electron chi connectivity index (χ2n) is 7.09. The van der Waals surface area contributed by atoms with Gasteiger partial charge in [0.15, 0.2) is 0 Å². The topological polar surface area (TPSA) is 34.1 Å². The van der Waals surface area contributed by atoms with Crippen molar-refractivity contribution >= 4 is 17.3 Å². The van der Waals surface area contributed by atoms with Gasteiger partial charge in [-0.1, -0.05) is 35.9 Å². The lowest BCUT2D eigenvalue weighted by Crippen LogP contribution is -2.33. The fraction of sp³-hybridized carbons (Fsp3) is 0.174. The standard InChI is InChI=1S/C23H18ClFN2O2/c1-28-18-7-3-4-14(11-18)20-13-21-19-12-16(24)8-9-22(19)29-23(27(21)26-20)15-5-2-6-17(25)10-15/h2-12,21,23H,13H2,1H3/t21-,23+/m0/s1. The Morgan fingerprint density at radius 2 is 1.97 bits per heavy atom. The summed E-state index contributed by atoms with van der Waals surface area (Å²) < 4.78 is 25.5. The predicted octanol–water partition coefficient (Wildman–Crippen LogP) is 5.73. The summed E-state index contributed by atoms with van der Waals surface area (Å²) in [5.41, 5.74) is 3.60. The van der Waals surface area contributed by atoms with Crippen molar-refractivity contribution in [3.63, 3.8) is 0 Å². The lowest BCUT2D eigenvalue weighted by Gasteiger charge is -2.38. The molecule has 5 rings (SSSR count). The molecule has 2 aliphatic heterocycles. The highest BCUT2D eigenvalue weighted by molar-refractivity contribution is 6.30. The van der Waals surface area contributed by atoms with Gasteiger partial charge in [-0.25, -0.2) is 9.40 Å². The third-order valence-corrected chi connectivity index (χ3v) is 5.52. The number of rotatable bonds is 3. The van der Waals surface area contributed by atoms with E-state index in [1.54, 1.807) is 19.2 Å². The third kappa shape index (κ3) is 3.21. The molecule has 0 N–H and O–H groups in total. The van der Waals surface area contributed by atoms with E-state index in [0.717, 1.165) is 28.3 Å². The van der Waals surface area contributed by atoms with Gasteiger partial charge in [0.05, 0.1) is 18.9 Å². The van der Waals surface area contributed by atoms with Crippen molar-refractivity contribution in [3.8, 4) is 11.5 Å². The van der Waals surface area contributed by atoms with E-state index >= 15 is 0 Å². The van der Waals surface area contributed by atoms with Gasteiger partial charge in [0.25, 0.3) is 0 Å². The minimum Gasteiger partial charge on any atom is -0.497 e. The van der Waals surface area contributed by atoms with Gasteiger partial charge < -0.3 is 9.47 Å². The predicted molar refractivity (Wildman–Crippen MR) is 110 cm³/mol. The first kappa shape index (κ1) is 18.0. The molecule has 146 valence electrons. The number of nitrogens with zero attached hydrogens (tertiary/aromatic N) is 2. The number of benzene rings is 3. The molecule has 0 aromatic heterocycles. The smallest absolute Gasteiger partial charge is 0.213 e. The van der Waals surface area contributed by atoms with E-state index in [-0.39, 0.29) is 11.9 Å². The van der Waals surface area contributed by atoms with Gasteiger partial charge in [0.1, 0.15) is 17.3 Å². The van der Waals surface area contributed by atoms with E-state index in [0.29, 0.717) is 17.0 Å². The van der Waals surface area contributed by atoms with Crippen molar-refractivity contribution in [1.82, 2.24) is 5.01 Å². The average molecular weight is 409 g/mol. The Bertz CT molecular complexity index is 1120. The molecule has 0 aliphatic carbocycles. The molecule has 3 aromatic rings. The van der Waals surface area contributed by atoms with E-state index in [1.807, 2.05) is 47.5 Å². The Balaban J connectivity index is 1.60. The van der Waals surface area contributed by atoms with E-state index in [1.165, 1.54) is 12.1 Å². The van der Waals surface area contributed by atoms with Crippen LogP contribution < -0.4 is 9.47 Å². The molecular weight excluding hydrogens is 391 g/mol. The fourth-order valence-electron chi connectivity index (χ4n) is 3.92. The third-order valence-electron chi connectivity index (χ3n) is 5.29. The Labute approximate surface area is 173 Å². The maximum Gasteiger partial charge on any atom is 0.213 e. The number of halogens is 2. The van der Waals surface area contributed by atoms with Crippen LogP contribution in [0.25, 0.3) is 0 Å². The molecule has 0 spiro atoms. The monoisotopic (exact) mass is 408 g/mol. The van der Waals surface area contributed by atoms with Gasteiger partial charge in [-0.2, -0.15) is 5.10 Å². The molecule has 0 saturated heterocycles. The second kappa shape index (κ2) is 7.08. The number of fused-ring (bicyclic) bond motifs is 3. The number of ether oxygens (including phenoxy) is 2. The molecule has 6 heteroatoms. The molecule has 0 unspecified atom stereocenters. The first-order valence-corrected chi connectivity index (χ1v) is 9.72. The lowest BCUT2D eigenvalue weighted by atomic mass is 9.96. The Morgan fingerprint density at radius 3 is 2.79 bits per heavy atom. The zero-order chi connectivity index (χ0) is 20.0. The summed E-state index contributed by atoms with van der Waals surface area (Å²) in [6.45, 7) is 0. The van der Waals surface area contributed by atoms with Crippen molar-refractivity contribution < 1.29 is 13.9 Å². The van der Waals surface area contributed by atoms with Gasteiger partial charge in [-0.15, -0.1) is 0 Å². The van der Waals surface area contributed by atoms with Gasteiger partial charge in [0, 0.05) is 28.1 Å². The summed E-state index contributed by atoms with van der Waals surface area (Å²) in [6, 6.07) is 19.8. The second-order valence-corrected chi connectivity index (χ2v) is 7.52. The zero-order valence-corrected chi connectivity index (χ0v) is 16.4. The minimum atomic E-state index is -0.521. The maximum absolute atomic E-state index is 13.9. The van der Waals surface area contributed by atoms with Crippen molar-refractivity contribution in [2.45, 2.75) is 18.7 Å². The average Bonchev–Trinajstić information content (AvgIpc) is 3.19. The number of methoxy groups -OCH3 is 1. The van der Waals surface area contributed by atoms with Crippen LogP contribution in [0, 0.1) is 5.82 Å². The molecule has 0 amide bonds. The van der Waals surface area contributed by atoms with E-state index in [9.17, 15) is 4.39 Å². The van der Waals surface area contributed by atoms with Crippen molar-refractivity contribution in [2.75, 3.05) is 7.11 Å². The Hall–Kier alpha value is -3.05. The summed E-state index contributed by atoms with van der Waals surface area (Å²) in [4.78, 5) is 0. The molecule has 2 heterocycles. The van der Waals surface area contributed by atoms with Crippen LogP contribution in [0.2, 0.25) is 5.02 Å². The molecule has 29 heavy (non-hydrogen) atoms. The van der Waals surface area contributed by atoms with Crippen LogP contribution in [-0.4, -0.2) is 17.8 Å². The van der Waals surface area contributed by atoms with Crippen LogP contribution in [0.15, 0.2) is 71.8 Å². The van der Waals surface area contributed by atoms with Gasteiger partial charge in [-0.05, 0) is 42.5 Å². The molecule has 3 aromatic carbocycles. The first-order valence-electron chi connectivity index (χ1n) is 9.34. The largest absolute Gasteiger partial charge is 0.497 e. The van der Waals surface area contributed by atoms with Gasteiger partial charge >= 0.3 is 0 Å². The number of hydrogen-bond donors (Lipinski definition) is 0. The summed E-state index contributed by atoms with van der Waals surface area (Å²) in [7, 11) is 1.64. The molecule has 2 atom stereocenters. The molecule has 0 saturated carbocycles. The van der Waals surface area contributed by atoms with Gasteiger partial charge in [-0.3, -0.25) is 0 Å². The Morgan fingerprint density at radius 1 is 1.10 bits per heavy atom. The molecule has 0 radical (unpaired) electrons.